The van der Waals surface area contributed by atoms with Crippen LogP contribution in [0, 0.1) is 0 Å². The Hall–Kier alpha value is -1.89. The standard InChI is InChI=1S/C33H50O/c1-30(2,3)25-17-23(18-26(21-25)31(4,5)6)13-15-29(34)16-14-24-19-27(32(7,8)9)22-28(20-24)33(10,11)12/h17-22H,13-16H2,1-12H3. The van der Waals surface area contributed by atoms with E-state index in [2.05, 4.69) is 119 Å². The Labute approximate surface area is 210 Å². The Morgan fingerprint density at radius 3 is 0.912 bits per heavy atom. The average Bonchev–Trinajstić information content (AvgIpc) is 2.67. The fraction of sp³-hybridized carbons (Fsp3) is 0.606. The van der Waals surface area contributed by atoms with Gasteiger partial charge in [0, 0.05) is 12.8 Å². The van der Waals surface area contributed by atoms with Crippen LogP contribution in [0.2, 0.25) is 0 Å². The van der Waals surface area contributed by atoms with Gasteiger partial charge in [-0.25, -0.2) is 0 Å². The summed E-state index contributed by atoms with van der Waals surface area (Å²) >= 11 is 0. The molecule has 1 heteroatoms. The van der Waals surface area contributed by atoms with Crippen molar-refractivity contribution in [3.63, 3.8) is 0 Å². The molecule has 0 fully saturated rings. The van der Waals surface area contributed by atoms with Crippen LogP contribution in [-0.4, -0.2) is 5.78 Å². The molecule has 0 saturated carbocycles. The van der Waals surface area contributed by atoms with E-state index in [4.69, 9.17) is 0 Å². The first-order valence-corrected chi connectivity index (χ1v) is 13.1. The van der Waals surface area contributed by atoms with E-state index in [1.54, 1.807) is 0 Å². The van der Waals surface area contributed by atoms with E-state index in [1.165, 1.54) is 33.4 Å². The van der Waals surface area contributed by atoms with Crippen molar-refractivity contribution >= 4 is 5.78 Å². The van der Waals surface area contributed by atoms with Crippen molar-refractivity contribution in [2.24, 2.45) is 0 Å². The highest BCUT2D eigenvalue weighted by atomic mass is 16.1. The molecule has 0 aliphatic heterocycles. The molecular weight excluding hydrogens is 412 g/mol. The van der Waals surface area contributed by atoms with Gasteiger partial charge in [0.15, 0.2) is 0 Å². The molecule has 0 aromatic heterocycles. The van der Waals surface area contributed by atoms with Gasteiger partial charge in [0.25, 0.3) is 0 Å². The van der Waals surface area contributed by atoms with Crippen molar-refractivity contribution in [3.05, 3.63) is 69.8 Å². The van der Waals surface area contributed by atoms with Crippen LogP contribution < -0.4 is 0 Å². The van der Waals surface area contributed by atoms with Gasteiger partial charge in [-0.2, -0.15) is 0 Å². The highest BCUT2D eigenvalue weighted by Crippen LogP contribution is 2.32. The molecule has 0 atom stereocenters. The van der Waals surface area contributed by atoms with Gasteiger partial charge in [-0.3, -0.25) is 4.79 Å². The molecule has 0 aliphatic carbocycles. The lowest BCUT2D eigenvalue weighted by Gasteiger charge is -2.26. The Bertz CT molecular complexity index is 849. The van der Waals surface area contributed by atoms with Gasteiger partial charge >= 0.3 is 0 Å². The van der Waals surface area contributed by atoms with Gasteiger partial charge in [-0.1, -0.05) is 119 Å². The molecular formula is C33H50O. The summed E-state index contributed by atoms with van der Waals surface area (Å²) in [4.78, 5) is 12.9. The third-order valence-corrected chi connectivity index (χ3v) is 6.83. The quantitative estimate of drug-likeness (QED) is 0.418. The molecule has 2 rings (SSSR count). The normalized spacial score (nSPS) is 13.3. The van der Waals surface area contributed by atoms with Crippen LogP contribution >= 0.6 is 0 Å². The molecule has 34 heavy (non-hydrogen) atoms. The number of carbonyl (C=O) groups is 1. The van der Waals surface area contributed by atoms with Crippen molar-refractivity contribution in [2.75, 3.05) is 0 Å². The fourth-order valence-corrected chi connectivity index (χ4v) is 4.10. The second-order valence-corrected chi connectivity index (χ2v) is 14.4. The van der Waals surface area contributed by atoms with Crippen LogP contribution in [0.3, 0.4) is 0 Å². The molecule has 0 N–H and O–H groups in total. The van der Waals surface area contributed by atoms with Crippen molar-refractivity contribution in [1.29, 1.82) is 0 Å². The Morgan fingerprint density at radius 1 is 0.471 bits per heavy atom. The molecule has 188 valence electrons. The van der Waals surface area contributed by atoms with Crippen molar-refractivity contribution in [1.82, 2.24) is 0 Å². The Morgan fingerprint density at radius 2 is 0.706 bits per heavy atom. The van der Waals surface area contributed by atoms with Crippen LogP contribution in [-0.2, 0) is 39.3 Å². The van der Waals surface area contributed by atoms with E-state index in [1.807, 2.05) is 0 Å². The number of Topliss-reactive ketones (excluding diaryl/α,β-unsaturated/α-hetero) is 1. The molecule has 0 saturated heterocycles. The summed E-state index contributed by atoms with van der Waals surface area (Å²) in [7, 11) is 0. The average molecular weight is 463 g/mol. The van der Waals surface area contributed by atoms with Gasteiger partial charge in [0.05, 0.1) is 0 Å². The van der Waals surface area contributed by atoms with Crippen LogP contribution in [0.15, 0.2) is 36.4 Å². The zero-order valence-electron chi connectivity index (χ0n) is 24.2. The summed E-state index contributed by atoms with van der Waals surface area (Å²) in [5.74, 6) is 0.358. The lowest BCUT2D eigenvalue weighted by atomic mass is 9.79. The minimum absolute atomic E-state index is 0.100. The van der Waals surface area contributed by atoms with Crippen molar-refractivity contribution < 1.29 is 4.79 Å². The van der Waals surface area contributed by atoms with Crippen molar-refractivity contribution in [2.45, 2.75) is 130 Å². The first-order chi connectivity index (χ1) is 15.3. The van der Waals surface area contributed by atoms with E-state index < -0.39 is 0 Å². The minimum Gasteiger partial charge on any atom is -0.300 e. The van der Waals surface area contributed by atoms with Gasteiger partial charge in [-0.05, 0) is 67.9 Å². The second-order valence-electron chi connectivity index (χ2n) is 14.4. The first kappa shape index (κ1) is 28.3. The van der Waals surface area contributed by atoms with Crippen LogP contribution in [0.1, 0.15) is 129 Å². The summed E-state index contributed by atoms with van der Waals surface area (Å²) in [6.45, 7) is 27.2. The fourth-order valence-electron chi connectivity index (χ4n) is 4.10. The summed E-state index contributed by atoms with van der Waals surface area (Å²) in [6.07, 6.45) is 2.87. The highest BCUT2D eigenvalue weighted by Gasteiger charge is 2.22. The van der Waals surface area contributed by atoms with E-state index >= 15 is 0 Å². The monoisotopic (exact) mass is 462 g/mol. The smallest absolute Gasteiger partial charge is 0.133 e. The van der Waals surface area contributed by atoms with E-state index in [0.29, 0.717) is 18.6 Å². The number of ketones is 1. The number of benzene rings is 2. The van der Waals surface area contributed by atoms with Crippen LogP contribution in [0.4, 0.5) is 0 Å². The van der Waals surface area contributed by atoms with Crippen LogP contribution in [0.5, 0.6) is 0 Å². The number of rotatable bonds is 6. The SMILES string of the molecule is CC(C)(C)c1cc(CCC(=O)CCc2cc(C(C)(C)C)cc(C(C)(C)C)c2)cc(C(C)(C)C)c1. The predicted molar refractivity (Wildman–Crippen MR) is 149 cm³/mol. The lowest BCUT2D eigenvalue weighted by Crippen LogP contribution is -2.17. The minimum atomic E-state index is 0.100. The van der Waals surface area contributed by atoms with Gasteiger partial charge in [-0.15, -0.1) is 0 Å². The molecule has 0 radical (unpaired) electrons. The summed E-state index contributed by atoms with van der Waals surface area (Å²) < 4.78 is 0. The Kier molecular flexibility index (Phi) is 8.34. The first-order valence-electron chi connectivity index (χ1n) is 13.1. The zero-order valence-corrected chi connectivity index (χ0v) is 24.2. The molecule has 0 heterocycles. The Balaban J connectivity index is 2.15. The van der Waals surface area contributed by atoms with E-state index in [0.717, 1.165) is 12.8 Å². The van der Waals surface area contributed by atoms with Crippen LogP contribution in [0.25, 0.3) is 0 Å². The summed E-state index contributed by atoms with van der Waals surface area (Å²) in [5, 5.41) is 0. The maximum atomic E-state index is 12.9. The molecule has 0 bridgehead atoms. The maximum absolute atomic E-state index is 12.9. The van der Waals surface area contributed by atoms with Gasteiger partial charge < -0.3 is 0 Å². The van der Waals surface area contributed by atoms with Crippen molar-refractivity contribution in [3.8, 4) is 0 Å². The van der Waals surface area contributed by atoms with Gasteiger partial charge in [0.2, 0.25) is 0 Å². The summed E-state index contributed by atoms with van der Waals surface area (Å²) in [6, 6.07) is 13.9. The lowest BCUT2D eigenvalue weighted by molar-refractivity contribution is -0.119. The number of carbonyl (C=O) groups excluding carboxylic acids is 1. The molecule has 2 aromatic carbocycles. The topological polar surface area (TPSA) is 17.1 Å². The number of hydrogen-bond acceptors (Lipinski definition) is 1. The third kappa shape index (κ3) is 8.10. The second kappa shape index (κ2) is 10.00. The molecule has 2 aromatic rings. The molecule has 0 amide bonds. The number of aryl methyl sites for hydroxylation is 2. The van der Waals surface area contributed by atoms with E-state index in [-0.39, 0.29) is 21.7 Å². The maximum Gasteiger partial charge on any atom is 0.133 e. The highest BCUT2D eigenvalue weighted by molar-refractivity contribution is 5.79. The molecule has 0 spiro atoms. The molecule has 0 unspecified atom stereocenters. The predicted octanol–water partition coefficient (Wildman–Crippen LogP) is 9.01. The van der Waals surface area contributed by atoms with Gasteiger partial charge in [0.1, 0.15) is 5.78 Å². The summed E-state index contributed by atoms with van der Waals surface area (Å²) in [5.41, 5.74) is 8.41. The van der Waals surface area contributed by atoms with E-state index in [9.17, 15) is 4.79 Å². The molecule has 0 aliphatic rings. The zero-order chi connectivity index (χ0) is 26.1. The third-order valence-electron chi connectivity index (χ3n) is 6.83. The molecule has 1 nitrogen and oxygen atoms in total. The number of hydrogen-bond donors (Lipinski definition) is 0. The largest absolute Gasteiger partial charge is 0.300 e.